The van der Waals surface area contributed by atoms with Gasteiger partial charge in [-0.05, 0) is 35.2 Å². The van der Waals surface area contributed by atoms with Gasteiger partial charge in [0, 0.05) is 16.5 Å². The van der Waals surface area contributed by atoms with Gasteiger partial charge < -0.3 is 0 Å². The first-order valence-electron chi connectivity index (χ1n) is 5.49. The normalized spacial score (nSPS) is 11.3. The molecule has 82 valence electrons. The SMILES string of the molecule is C(=Cc1ccnc2ccccc12)c1cccs1. The molecule has 1 nitrogen and oxygen atoms in total. The molecular weight excluding hydrogens is 226 g/mol. The summed E-state index contributed by atoms with van der Waals surface area (Å²) in [6, 6.07) is 14.4. The molecule has 0 saturated carbocycles. The number of rotatable bonds is 2. The van der Waals surface area contributed by atoms with Crippen LogP contribution in [0.4, 0.5) is 0 Å². The molecule has 2 heterocycles. The van der Waals surface area contributed by atoms with Crippen LogP contribution in [0.1, 0.15) is 10.4 Å². The van der Waals surface area contributed by atoms with Gasteiger partial charge in [0.15, 0.2) is 0 Å². The van der Waals surface area contributed by atoms with Crippen LogP contribution in [-0.4, -0.2) is 4.98 Å². The van der Waals surface area contributed by atoms with Crippen molar-refractivity contribution < 1.29 is 0 Å². The summed E-state index contributed by atoms with van der Waals surface area (Å²) in [6.45, 7) is 0. The lowest BCUT2D eigenvalue weighted by Crippen LogP contribution is -1.81. The minimum atomic E-state index is 1.04. The molecule has 0 aliphatic heterocycles. The van der Waals surface area contributed by atoms with Crippen LogP contribution in [0.3, 0.4) is 0 Å². The van der Waals surface area contributed by atoms with Crippen molar-refractivity contribution in [2.45, 2.75) is 0 Å². The van der Waals surface area contributed by atoms with Crippen LogP contribution in [0, 0.1) is 0 Å². The molecule has 3 aromatic rings. The van der Waals surface area contributed by atoms with Crippen molar-refractivity contribution in [2.75, 3.05) is 0 Å². The summed E-state index contributed by atoms with van der Waals surface area (Å²) in [6.07, 6.45) is 6.15. The van der Waals surface area contributed by atoms with Crippen LogP contribution in [0.25, 0.3) is 23.1 Å². The Morgan fingerprint density at radius 1 is 0.941 bits per heavy atom. The molecule has 0 saturated heterocycles. The Morgan fingerprint density at radius 3 is 2.76 bits per heavy atom. The van der Waals surface area contributed by atoms with Crippen molar-refractivity contribution in [1.82, 2.24) is 4.98 Å². The highest BCUT2D eigenvalue weighted by atomic mass is 32.1. The van der Waals surface area contributed by atoms with Crippen LogP contribution < -0.4 is 0 Å². The van der Waals surface area contributed by atoms with Gasteiger partial charge in [0.25, 0.3) is 0 Å². The van der Waals surface area contributed by atoms with Crippen LogP contribution in [-0.2, 0) is 0 Å². The molecule has 3 rings (SSSR count). The van der Waals surface area contributed by atoms with Crippen LogP contribution >= 0.6 is 11.3 Å². The van der Waals surface area contributed by atoms with E-state index in [-0.39, 0.29) is 0 Å². The smallest absolute Gasteiger partial charge is 0.0707 e. The second kappa shape index (κ2) is 4.52. The Labute approximate surface area is 104 Å². The molecule has 0 spiro atoms. The van der Waals surface area contributed by atoms with E-state index in [9.17, 15) is 0 Å². The Balaban J connectivity index is 2.06. The zero-order chi connectivity index (χ0) is 11.5. The third kappa shape index (κ3) is 2.12. The van der Waals surface area contributed by atoms with Crippen molar-refractivity contribution in [1.29, 1.82) is 0 Å². The van der Waals surface area contributed by atoms with Gasteiger partial charge in [-0.3, -0.25) is 4.98 Å². The first kappa shape index (κ1) is 10.2. The van der Waals surface area contributed by atoms with E-state index in [1.54, 1.807) is 11.3 Å². The molecule has 0 fully saturated rings. The minimum absolute atomic E-state index is 1.04. The zero-order valence-corrected chi connectivity index (χ0v) is 10.0. The van der Waals surface area contributed by atoms with Gasteiger partial charge in [-0.25, -0.2) is 0 Å². The number of benzene rings is 1. The summed E-state index contributed by atoms with van der Waals surface area (Å²) in [5.74, 6) is 0. The third-order valence-corrected chi connectivity index (χ3v) is 3.49. The molecule has 0 N–H and O–H groups in total. The average molecular weight is 237 g/mol. The van der Waals surface area contributed by atoms with Gasteiger partial charge in [-0.2, -0.15) is 0 Å². The lowest BCUT2D eigenvalue weighted by atomic mass is 10.1. The number of aromatic nitrogens is 1. The Bertz CT molecular complexity index is 648. The molecule has 0 bridgehead atoms. The number of para-hydroxylation sites is 1. The number of fused-ring (bicyclic) bond motifs is 1. The van der Waals surface area contributed by atoms with E-state index in [4.69, 9.17) is 0 Å². The maximum Gasteiger partial charge on any atom is 0.0707 e. The summed E-state index contributed by atoms with van der Waals surface area (Å²) < 4.78 is 0. The molecule has 2 aromatic heterocycles. The molecule has 0 aliphatic carbocycles. The average Bonchev–Trinajstić information content (AvgIpc) is 2.89. The third-order valence-electron chi connectivity index (χ3n) is 2.65. The lowest BCUT2D eigenvalue weighted by Gasteiger charge is -2.00. The fraction of sp³-hybridized carbons (Fsp3) is 0. The molecule has 0 aliphatic rings. The molecule has 0 amide bonds. The van der Waals surface area contributed by atoms with Crippen LogP contribution in [0.15, 0.2) is 54.0 Å². The first-order valence-corrected chi connectivity index (χ1v) is 6.37. The van der Waals surface area contributed by atoms with Crippen molar-refractivity contribution in [3.05, 3.63) is 64.5 Å². The van der Waals surface area contributed by atoms with Crippen molar-refractivity contribution in [2.24, 2.45) is 0 Å². The highest BCUT2D eigenvalue weighted by molar-refractivity contribution is 7.10. The fourth-order valence-electron chi connectivity index (χ4n) is 1.82. The maximum absolute atomic E-state index is 4.36. The molecule has 1 aromatic carbocycles. The molecular formula is C15H11NS. The number of hydrogen-bond acceptors (Lipinski definition) is 2. The molecule has 2 heteroatoms. The van der Waals surface area contributed by atoms with Gasteiger partial charge >= 0.3 is 0 Å². The molecule has 0 unspecified atom stereocenters. The van der Waals surface area contributed by atoms with Gasteiger partial charge in [0.05, 0.1) is 5.52 Å². The lowest BCUT2D eigenvalue weighted by molar-refractivity contribution is 1.41. The van der Waals surface area contributed by atoms with E-state index < -0.39 is 0 Å². The van der Waals surface area contributed by atoms with E-state index in [1.165, 1.54) is 15.8 Å². The van der Waals surface area contributed by atoms with Crippen LogP contribution in [0.5, 0.6) is 0 Å². The number of thiophene rings is 1. The Kier molecular flexibility index (Phi) is 2.72. The highest BCUT2D eigenvalue weighted by Crippen LogP contribution is 2.19. The summed E-state index contributed by atoms with van der Waals surface area (Å²) in [4.78, 5) is 5.62. The summed E-state index contributed by atoms with van der Waals surface area (Å²) >= 11 is 1.75. The molecule has 0 atom stereocenters. The van der Waals surface area contributed by atoms with E-state index >= 15 is 0 Å². The van der Waals surface area contributed by atoms with Gasteiger partial charge in [0.2, 0.25) is 0 Å². The van der Waals surface area contributed by atoms with E-state index in [0.29, 0.717) is 0 Å². The number of nitrogens with zero attached hydrogens (tertiary/aromatic N) is 1. The van der Waals surface area contributed by atoms with Gasteiger partial charge in [-0.1, -0.05) is 30.3 Å². The second-order valence-electron chi connectivity index (χ2n) is 3.77. The predicted molar refractivity (Wildman–Crippen MR) is 75.0 cm³/mol. The minimum Gasteiger partial charge on any atom is -0.256 e. The maximum atomic E-state index is 4.36. The number of pyridine rings is 1. The summed E-state index contributed by atoms with van der Waals surface area (Å²) in [5, 5.41) is 3.28. The standard InChI is InChI=1S/C15H11NS/c1-2-6-15-14(5-1)12(9-10-16-15)7-8-13-4-3-11-17-13/h1-11H. The predicted octanol–water partition coefficient (Wildman–Crippen LogP) is 4.47. The van der Waals surface area contributed by atoms with Gasteiger partial charge in [-0.15, -0.1) is 11.3 Å². The second-order valence-corrected chi connectivity index (χ2v) is 4.75. The molecule has 17 heavy (non-hydrogen) atoms. The van der Waals surface area contributed by atoms with Crippen molar-refractivity contribution in [3.8, 4) is 0 Å². The van der Waals surface area contributed by atoms with Gasteiger partial charge in [0.1, 0.15) is 0 Å². The fourth-order valence-corrected chi connectivity index (χ4v) is 2.44. The van der Waals surface area contributed by atoms with E-state index in [0.717, 1.165) is 5.52 Å². The van der Waals surface area contributed by atoms with Crippen LogP contribution in [0.2, 0.25) is 0 Å². The highest BCUT2D eigenvalue weighted by Gasteiger charge is 1.97. The summed E-state index contributed by atoms with van der Waals surface area (Å²) in [5.41, 5.74) is 2.25. The molecule has 0 radical (unpaired) electrons. The zero-order valence-electron chi connectivity index (χ0n) is 9.21. The topological polar surface area (TPSA) is 12.9 Å². The largest absolute Gasteiger partial charge is 0.256 e. The van der Waals surface area contributed by atoms with Crippen molar-refractivity contribution >= 4 is 34.4 Å². The summed E-state index contributed by atoms with van der Waals surface area (Å²) in [7, 11) is 0. The van der Waals surface area contributed by atoms with E-state index in [1.807, 2.05) is 30.5 Å². The Hall–Kier alpha value is -1.93. The number of hydrogen-bond donors (Lipinski definition) is 0. The first-order chi connectivity index (χ1) is 8.43. The van der Waals surface area contributed by atoms with Crippen molar-refractivity contribution in [3.63, 3.8) is 0 Å². The monoisotopic (exact) mass is 237 g/mol. The quantitative estimate of drug-likeness (QED) is 0.641. The Morgan fingerprint density at radius 2 is 1.88 bits per heavy atom. The van der Waals surface area contributed by atoms with E-state index in [2.05, 4.69) is 40.7 Å².